The van der Waals surface area contributed by atoms with Gasteiger partial charge in [0.15, 0.2) is 5.82 Å². The first-order valence-corrected chi connectivity index (χ1v) is 9.35. The van der Waals surface area contributed by atoms with E-state index in [1.54, 1.807) is 36.0 Å². The Morgan fingerprint density at radius 2 is 1.93 bits per heavy atom. The summed E-state index contributed by atoms with van der Waals surface area (Å²) in [5.74, 6) is -0.372. The van der Waals surface area contributed by atoms with Crippen LogP contribution in [0.4, 0.5) is 4.39 Å². The van der Waals surface area contributed by atoms with Crippen molar-refractivity contribution in [1.82, 2.24) is 24.2 Å². The number of benzene rings is 1. The normalized spacial score (nSPS) is 13.4. The summed E-state index contributed by atoms with van der Waals surface area (Å²) in [5, 5.41) is 7.05. The van der Waals surface area contributed by atoms with Crippen LogP contribution in [0, 0.1) is 5.82 Å². The van der Waals surface area contributed by atoms with Crippen LogP contribution in [-0.2, 0) is 13.6 Å². The second-order valence-corrected chi connectivity index (χ2v) is 7.03. The summed E-state index contributed by atoms with van der Waals surface area (Å²) in [4.78, 5) is 37.1. The second kappa shape index (κ2) is 7.50. The van der Waals surface area contributed by atoms with Crippen molar-refractivity contribution >= 4 is 5.91 Å². The molecule has 2 aromatic heterocycles. The Morgan fingerprint density at radius 1 is 1.21 bits per heavy atom. The van der Waals surface area contributed by atoms with E-state index in [9.17, 15) is 18.8 Å². The molecule has 1 amide bonds. The zero-order valence-corrected chi connectivity index (χ0v) is 15.8. The lowest BCUT2D eigenvalue weighted by molar-refractivity contribution is 0.0949. The van der Waals surface area contributed by atoms with Crippen LogP contribution in [0.25, 0.3) is 11.4 Å². The molecule has 0 atom stereocenters. The number of hydrogen-bond acceptors (Lipinski definition) is 4. The Balaban J connectivity index is 1.52. The van der Waals surface area contributed by atoms with Crippen LogP contribution in [0.2, 0.25) is 0 Å². The van der Waals surface area contributed by atoms with Gasteiger partial charge in [-0.3, -0.25) is 14.2 Å². The zero-order chi connectivity index (χ0) is 20.5. The lowest BCUT2D eigenvalue weighted by Gasteiger charge is -2.05. The smallest absolute Gasteiger partial charge is 0.346 e. The summed E-state index contributed by atoms with van der Waals surface area (Å²) >= 11 is 0. The standard InChI is InChI=1S/C20H20FN5O3/c1-24-11-2-3-16(19(24)28)18(27)22-10-12-25-20(29)26(15-8-9-15)17(23-25)13-4-6-14(21)7-5-13/h2-7,11,15H,8-10,12H2,1H3,(H,22,27). The highest BCUT2D eigenvalue weighted by Crippen LogP contribution is 2.36. The maximum Gasteiger partial charge on any atom is 0.346 e. The number of aromatic nitrogens is 4. The van der Waals surface area contributed by atoms with Crippen LogP contribution in [0.1, 0.15) is 29.2 Å². The number of amides is 1. The molecule has 1 N–H and O–H groups in total. The zero-order valence-electron chi connectivity index (χ0n) is 15.8. The molecule has 0 unspecified atom stereocenters. The lowest BCUT2D eigenvalue weighted by atomic mass is 10.2. The molecular formula is C20H20FN5O3. The number of hydrogen-bond donors (Lipinski definition) is 1. The molecule has 150 valence electrons. The van der Waals surface area contributed by atoms with E-state index in [-0.39, 0.29) is 36.2 Å². The van der Waals surface area contributed by atoms with Gasteiger partial charge in [-0.2, -0.15) is 0 Å². The summed E-state index contributed by atoms with van der Waals surface area (Å²) in [6.45, 7) is 0.299. The molecule has 9 heteroatoms. The number of rotatable bonds is 6. The van der Waals surface area contributed by atoms with Crippen LogP contribution in [-0.4, -0.2) is 31.4 Å². The molecule has 3 aromatic rings. The average Bonchev–Trinajstić information content (AvgIpc) is 3.49. The summed E-state index contributed by atoms with van der Waals surface area (Å²) < 4.78 is 17.5. The monoisotopic (exact) mass is 397 g/mol. The fraction of sp³-hybridized carbons (Fsp3) is 0.300. The number of nitrogens with zero attached hydrogens (tertiary/aromatic N) is 4. The quantitative estimate of drug-likeness (QED) is 0.679. The van der Waals surface area contributed by atoms with Crippen molar-refractivity contribution in [3.63, 3.8) is 0 Å². The van der Waals surface area contributed by atoms with E-state index in [0.717, 1.165) is 12.8 Å². The third-order valence-corrected chi connectivity index (χ3v) is 4.86. The number of nitrogens with one attached hydrogen (secondary N) is 1. The van der Waals surface area contributed by atoms with Gasteiger partial charge in [-0.05, 0) is 49.2 Å². The highest BCUT2D eigenvalue weighted by atomic mass is 19.1. The Bertz CT molecular complexity index is 1170. The Morgan fingerprint density at radius 3 is 2.62 bits per heavy atom. The van der Waals surface area contributed by atoms with Crippen LogP contribution in [0.5, 0.6) is 0 Å². The Labute approximate surface area is 165 Å². The molecule has 0 bridgehead atoms. The SMILES string of the molecule is Cn1cccc(C(=O)NCCn2nc(-c3ccc(F)cc3)n(C3CC3)c2=O)c1=O. The van der Waals surface area contributed by atoms with E-state index in [2.05, 4.69) is 10.4 Å². The molecule has 1 aliphatic carbocycles. The third-order valence-electron chi connectivity index (χ3n) is 4.86. The van der Waals surface area contributed by atoms with Crippen LogP contribution < -0.4 is 16.6 Å². The predicted molar refractivity (Wildman–Crippen MR) is 104 cm³/mol. The lowest BCUT2D eigenvalue weighted by Crippen LogP contribution is -2.35. The van der Waals surface area contributed by atoms with Crippen molar-refractivity contribution in [2.45, 2.75) is 25.4 Å². The van der Waals surface area contributed by atoms with Gasteiger partial charge < -0.3 is 9.88 Å². The molecule has 0 radical (unpaired) electrons. The number of carbonyl (C=O) groups excluding carboxylic acids is 1. The first-order valence-electron chi connectivity index (χ1n) is 9.35. The van der Waals surface area contributed by atoms with Crippen LogP contribution in [0.15, 0.2) is 52.2 Å². The van der Waals surface area contributed by atoms with Gasteiger partial charge in [-0.15, -0.1) is 5.10 Å². The Kier molecular flexibility index (Phi) is 4.87. The molecule has 2 heterocycles. The molecule has 0 saturated heterocycles. The molecule has 4 rings (SSSR count). The van der Waals surface area contributed by atoms with Gasteiger partial charge >= 0.3 is 5.69 Å². The van der Waals surface area contributed by atoms with Crippen molar-refractivity contribution in [3.8, 4) is 11.4 Å². The number of pyridine rings is 1. The van der Waals surface area contributed by atoms with Crippen molar-refractivity contribution in [2.24, 2.45) is 7.05 Å². The molecule has 8 nitrogen and oxygen atoms in total. The predicted octanol–water partition coefficient (Wildman–Crippen LogP) is 1.31. The minimum atomic E-state index is -0.500. The maximum atomic E-state index is 13.2. The minimum Gasteiger partial charge on any atom is -0.350 e. The first kappa shape index (κ1) is 18.9. The molecule has 29 heavy (non-hydrogen) atoms. The average molecular weight is 397 g/mol. The van der Waals surface area contributed by atoms with E-state index in [0.29, 0.717) is 11.4 Å². The molecule has 0 spiro atoms. The second-order valence-electron chi connectivity index (χ2n) is 7.03. The van der Waals surface area contributed by atoms with E-state index >= 15 is 0 Å². The van der Waals surface area contributed by atoms with Gasteiger partial charge in [0, 0.05) is 31.4 Å². The van der Waals surface area contributed by atoms with Crippen molar-refractivity contribution in [3.05, 3.63) is 74.8 Å². The largest absolute Gasteiger partial charge is 0.350 e. The molecule has 0 aliphatic heterocycles. The van der Waals surface area contributed by atoms with Crippen molar-refractivity contribution in [2.75, 3.05) is 6.54 Å². The molecule has 1 saturated carbocycles. The fourth-order valence-corrected chi connectivity index (χ4v) is 3.16. The third kappa shape index (κ3) is 3.75. The van der Waals surface area contributed by atoms with Gasteiger partial charge in [0.05, 0.1) is 6.54 Å². The van der Waals surface area contributed by atoms with Gasteiger partial charge in [0.1, 0.15) is 11.4 Å². The van der Waals surface area contributed by atoms with E-state index in [1.807, 2.05) is 0 Å². The van der Waals surface area contributed by atoms with Crippen LogP contribution >= 0.6 is 0 Å². The van der Waals surface area contributed by atoms with E-state index < -0.39 is 11.5 Å². The summed E-state index contributed by atoms with van der Waals surface area (Å²) in [5.41, 5.74) is 0.0410. The van der Waals surface area contributed by atoms with E-state index in [4.69, 9.17) is 0 Å². The molecule has 1 aromatic carbocycles. The summed E-state index contributed by atoms with van der Waals surface area (Å²) in [6.07, 6.45) is 3.36. The molecule has 1 aliphatic rings. The molecular weight excluding hydrogens is 377 g/mol. The van der Waals surface area contributed by atoms with E-state index in [1.165, 1.54) is 27.4 Å². The first-order chi connectivity index (χ1) is 14.0. The number of aryl methyl sites for hydroxylation is 1. The highest BCUT2D eigenvalue weighted by Gasteiger charge is 2.30. The molecule has 1 fully saturated rings. The maximum absolute atomic E-state index is 13.2. The highest BCUT2D eigenvalue weighted by molar-refractivity contribution is 5.93. The van der Waals surface area contributed by atoms with Crippen molar-refractivity contribution in [1.29, 1.82) is 0 Å². The van der Waals surface area contributed by atoms with Gasteiger partial charge in [-0.25, -0.2) is 13.9 Å². The van der Waals surface area contributed by atoms with Crippen molar-refractivity contribution < 1.29 is 9.18 Å². The number of carbonyl (C=O) groups is 1. The topological polar surface area (TPSA) is 90.9 Å². The minimum absolute atomic E-state index is 0.0397. The summed E-state index contributed by atoms with van der Waals surface area (Å²) in [7, 11) is 1.57. The summed E-state index contributed by atoms with van der Waals surface area (Å²) in [6, 6.07) is 9.01. The number of halogens is 1. The van der Waals surface area contributed by atoms with Gasteiger partial charge in [-0.1, -0.05) is 0 Å². The van der Waals surface area contributed by atoms with Gasteiger partial charge in [0.2, 0.25) is 0 Å². The van der Waals surface area contributed by atoms with Crippen LogP contribution in [0.3, 0.4) is 0 Å². The Hall–Kier alpha value is -3.49. The van der Waals surface area contributed by atoms with Gasteiger partial charge in [0.25, 0.3) is 11.5 Å². The fourth-order valence-electron chi connectivity index (χ4n) is 3.16.